The number of rotatable bonds is 4. The molecule has 0 unspecified atom stereocenters. The first-order chi connectivity index (χ1) is 9.11. The van der Waals surface area contributed by atoms with Crippen LogP contribution >= 0.6 is 15.9 Å². The molecule has 0 spiro atoms. The first-order valence-electron chi connectivity index (χ1n) is 5.88. The molecule has 100 valence electrons. The van der Waals surface area contributed by atoms with Gasteiger partial charge in [-0.2, -0.15) is 0 Å². The Morgan fingerprint density at radius 3 is 2.84 bits per heavy atom. The number of benzene rings is 1. The van der Waals surface area contributed by atoms with Gasteiger partial charge in [0, 0.05) is 23.1 Å². The molecule has 2 rings (SSSR count). The van der Waals surface area contributed by atoms with Gasteiger partial charge in [0.15, 0.2) is 5.76 Å². The van der Waals surface area contributed by atoms with Crippen molar-refractivity contribution in [3.8, 4) is 0 Å². The fourth-order valence-electron chi connectivity index (χ4n) is 1.75. The van der Waals surface area contributed by atoms with Crippen LogP contribution in [-0.4, -0.2) is 17.4 Å². The number of carbonyl (C=O) groups is 1. The maximum absolute atomic E-state index is 13.7. The Balaban J connectivity index is 2.19. The minimum absolute atomic E-state index is 0.210. The number of amides is 1. The van der Waals surface area contributed by atoms with E-state index in [1.54, 1.807) is 24.3 Å². The second-order valence-corrected chi connectivity index (χ2v) is 4.95. The van der Waals surface area contributed by atoms with E-state index in [0.717, 1.165) is 4.47 Å². The predicted octanol–water partition coefficient (Wildman–Crippen LogP) is 3.84. The molecule has 0 aliphatic carbocycles. The van der Waals surface area contributed by atoms with Gasteiger partial charge in [-0.25, -0.2) is 4.39 Å². The van der Waals surface area contributed by atoms with Crippen LogP contribution in [-0.2, 0) is 6.54 Å². The summed E-state index contributed by atoms with van der Waals surface area (Å²) >= 11 is 3.30. The maximum atomic E-state index is 13.7. The van der Waals surface area contributed by atoms with Gasteiger partial charge in [0.25, 0.3) is 5.91 Å². The molecule has 0 saturated heterocycles. The fourth-order valence-corrected chi connectivity index (χ4v) is 2.16. The number of hydrogen-bond donors (Lipinski definition) is 0. The molecule has 19 heavy (non-hydrogen) atoms. The van der Waals surface area contributed by atoms with E-state index in [-0.39, 0.29) is 24.0 Å². The van der Waals surface area contributed by atoms with Crippen molar-refractivity contribution in [2.45, 2.75) is 13.5 Å². The average molecular weight is 326 g/mol. The minimum atomic E-state index is -0.325. The SMILES string of the molecule is CCN(Cc1cc(Br)ccc1F)C(=O)c1ccco1. The summed E-state index contributed by atoms with van der Waals surface area (Å²) in [4.78, 5) is 13.7. The highest BCUT2D eigenvalue weighted by Gasteiger charge is 2.18. The zero-order valence-electron chi connectivity index (χ0n) is 10.4. The first kappa shape index (κ1) is 13.8. The largest absolute Gasteiger partial charge is 0.459 e. The quantitative estimate of drug-likeness (QED) is 0.855. The van der Waals surface area contributed by atoms with Crippen LogP contribution in [0.4, 0.5) is 4.39 Å². The number of carbonyl (C=O) groups excluding carboxylic acids is 1. The molecule has 1 aromatic heterocycles. The monoisotopic (exact) mass is 325 g/mol. The van der Waals surface area contributed by atoms with Gasteiger partial charge in [-0.1, -0.05) is 15.9 Å². The summed E-state index contributed by atoms with van der Waals surface area (Å²) in [5.74, 6) is -0.307. The molecule has 0 atom stereocenters. The molecule has 0 aliphatic rings. The van der Waals surface area contributed by atoms with Crippen molar-refractivity contribution in [1.82, 2.24) is 4.90 Å². The molecule has 1 aromatic carbocycles. The summed E-state index contributed by atoms with van der Waals surface area (Å²) in [6, 6.07) is 7.94. The average Bonchev–Trinajstić information content (AvgIpc) is 2.93. The topological polar surface area (TPSA) is 33.5 Å². The number of furan rings is 1. The fraction of sp³-hybridized carbons (Fsp3) is 0.214. The summed E-state index contributed by atoms with van der Waals surface area (Å²) < 4.78 is 19.5. The number of halogens is 2. The van der Waals surface area contributed by atoms with E-state index in [1.165, 1.54) is 17.2 Å². The van der Waals surface area contributed by atoms with E-state index in [0.29, 0.717) is 12.1 Å². The molecular weight excluding hydrogens is 313 g/mol. The van der Waals surface area contributed by atoms with Crippen LogP contribution in [0.2, 0.25) is 0 Å². The van der Waals surface area contributed by atoms with E-state index in [2.05, 4.69) is 15.9 Å². The lowest BCUT2D eigenvalue weighted by Gasteiger charge is -2.20. The third-order valence-corrected chi connectivity index (χ3v) is 3.26. The molecule has 0 N–H and O–H groups in total. The van der Waals surface area contributed by atoms with Gasteiger partial charge < -0.3 is 9.32 Å². The van der Waals surface area contributed by atoms with Crippen molar-refractivity contribution >= 4 is 21.8 Å². The number of hydrogen-bond acceptors (Lipinski definition) is 2. The van der Waals surface area contributed by atoms with Crippen molar-refractivity contribution in [2.24, 2.45) is 0 Å². The van der Waals surface area contributed by atoms with Crippen LogP contribution < -0.4 is 0 Å². The standard InChI is InChI=1S/C14H13BrFNO2/c1-2-17(14(18)13-4-3-7-19-13)9-10-8-11(15)5-6-12(10)16/h3-8H,2,9H2,1H3. The molecule has 1 amide bonds. The Labute approximate surface area is 119 Å². The summed E-state index contributed by atoms with van der Waals surface area (Å²) in [5.41, 5.74) is 0.469. The predicted molar refractivity (Wildman–Crippen MR) is 73.2 cm³/mol. The lowest BCUT2D eigenvalue weighted by atomic mass is 10.2. The molecular formula is C14H13BrFNO2. The lowest BCUT2D eigenvalue weighted by Crippen LogP contribution is -2.30. The second kappa shape index (κ2) is 6.02. The highest BCUT2D eigenvalue weighted by Crippen LogP contribution is 2.18. The van der Waals surface area contributed by atoms with Crippen molar-refractivity contribution < 1.29 is 13.6 Å². The van der Waals surface area contributed by atoms with Crippen LogP contribution in [0, 0.1) is 5.82 Å². The van der Waals surface area contributed by atoms with Gasteiger partial charge in [-0.3, -0.25) is 4.79 Å². The zero-order valence-corrected chi connectivity index (χ0v) is 12.0. The Morgan fingerprint density at radius 2 is 2.21 bits per heavy atom. The highest BCUT2D eigenvalue weighted by molar-refractivity contribution is 9.10. The molecule has 0 fully saturated rings. The van der Waals surface area contributed by atoms with Crippen LogP contribution in [0.1, 0.15) is 23.0 Å². The third-order valence-electron chi connectivity index (χ3n) is 2.77. The van der Waals surface area contributed by atoms with Crippen LogP contribution in [0.3, 0.4) is 0 Å². The van der Waals surface area contributed by atoms with Crippen molar-refractivity contribution in [1.29, 1.82) is 0 Å². The molecule has 1 heterocycles. The van der Waals surface area contributed by atoms with Crippen molar-refractivity contribution in [3.05, 3.63) is 58.2 Å². The van der Waals surface area contributed by atoms with Gasteiger partial charge >= 0.3 is 0 Å². The summed E-state index contributed by atoms with van der Waals surface area (Å²) in [7, 11) is 0. The van der Waals surface area contributed by atoms with Crippen LogP contribution in [0.25, 0.3) is 0 Å². The lowest BCUT2D eigenvalue weighted by molar-refractivity contribution is 0.0719. The Morgan fingerprint density at radius 1 is 1.42 bits per heavy atom. The van der Waals surface area contributed by atoms with Crippen LogP contribution in [0.5, 0.6) is 0 Å². The van der Waals surface area contributed by atoms with Gasteiger partial charge in [0.05, 0.1) is 6.26 Å². The van der Waals surface area contributed by atoms with Gasteiger partial charge in [-0.05, 0) is 37.3 Å². The molecule has 0 aliphatic heterocycles. The summed E-state index contributed by atoms with van der Waals surface area (Å²) in [5, 5.41) is 0. The molecule has 5 heteroatoms. The molecule has 0 saturated carbocycles. The Bertz CT molecular complexity index is 569. The summed E-state index contributed by atoms with van der Waals surface area (Å²) in [6.07, 6.45) is 1.45. The third kappa shape index (κ3) is 3.23. The maximum Gasteiger partial charge on any atom is 0.289 e. The first-order valence-corrected chi connectivity index (χ1v) is 6.68. The minimum Gasteiger partial charge on any atom is -0.459 e. The van der Waals surface area contributed by atoms with Crippen LogP contribution in [0.15, 0.2) is 45.5 Å². The second-order valence-electron chi connectivity index (χ2n) is 4.03. The van der Waals surface area contributed by atoms with Gasteiger partial charge in [0.2, 0.25) is 0 Å². The molecule has 2 aromatic rings. The van der Waals surface area contributed by atoms with Crippen molar-refractivity contribution in [2.75, 3.05) is 6.54 Å². The Kier molecular flexibility index (Phi) is 4.37. The Hall–Kier alpha value is -1.62. The molecule has 0 radical (unpaired) electrons. The van der Waals surface area contributed by atoms with E-state index in [9.17, 15) is 9.18 Å². The molecule has 3 nitrogen and oxygen atoms in total. The van der Waals surface area contributed by atoms with E-state index < -0.39 is 0 Å². The highest BCUT2D eigenvalue weighted by atomic mass is 79.9. The van der Waals surface area contributed by atoms with E-state index in [1.807, 2.05) is 6.92 Å². The smallest absolute Gasteiger partial charge is 0.289 e. The van der Waals surface area contributed by atoms with Gasteiger partial charge in [0.1, 0.15) is 5.82 Å². The number of nitrogens with zero attached hydrogens (tertiary/aromatic N) is 1. The van der Waals surface area contributed by atoms with Gasteiger partial charge in [-0.15, -0.1) is 0 Å². The summed E-state index contributed by atoms with van der Waals surface area (Å²) in [6.45, 7) is 2.53. The zero-order chi connectivity index (χ0) is 13.8. The van der Waals surface area contributed by atoms with Crippen molar-refractivity contribution in [3.63, 3.8) is 0 Å². The van der Waals surface area contributed by atoms with E-state index >= 15 is 0 Å². The normalized spacial score (nSPS) is 10.5. The van der Waals surface area contributed by atoms with E-state index in [4.69, 9.17) is 4.42 Å². The molecule has 0 bridgehead atoms.